The van der Waals surface area contributed by atoms with Crippen molar-refractivity contribution in [3.63, 3.8) is 0 Å². The first-order valence-electron chi connectivity index (χ1n) is 6.20. The zero-order chi connectivity index (χ0) is 14.3. The van der Waals surface area contributed by atoms with Gasteiger partial charge in [0.2, 0.25) is 5.91 Å². The van der Waals surface area contributed by atoms with E-state index in [4.69, 9.17) is 9.84 Å². The number of nitrogens with one attached hydrogen (secondary N) is 1. The number of carboxylic acids is 1. The minimum absolute atomic E-state index is 0.138. The van der Waals surface area contributed by atoms with Gasteiger partial charge in [-0.15, -0.1) is 0 Å². The van der Waals surface area contributed by atoms with Gasteiger partial charge in [0.05, 0.1) is 13.0 Å². The SMILES string of the molecule is CC(C)c1ccc(OCCC(=O)NCC(=O)O)cc1. The zero-order valence-corrected chi connectivity index (χ0v) is 11.2. The molecular weight excluding hydrogens is 246 g/mol. The second kappa shape index (κ2) is 7.41. The van der Waals surface area contributed by atoms with E-state index in [1.54, 1.807) is 0 Å². The number of benzene rings is 1. The maximum atomic E-state index is 11.2. The van der Waals surface area contributed by atoms with Gasteiger partial charge >= 0.3 is 5.97 Å². The quantitative estimate of drug-likeness (QED) is 0.788. The highest BCUT2D eigenvalue weighted by Crippen LogP contribution is 2.18. The molecule has 5 heteroatoms. The minimum Gasteiger partial charge on any atom is -0.493 e. The highest BCUT2D eigenvalue weighted by atomic mass is 16.5. The molecule has 5 nitrogen and oxygen atoms in total. The number of aliphatic carboxylic acids is 1. The maximum Gasteiger partial charge on any atom is 0.322 e. The van der Waals surface area contributed by atoms with Crippen LogP contribution < -0.4 is 10.1 Å². The predicted octanol–water partition coefficient (Wildman–Crippen LogP) is 1.78. The summed E-state index contributed by atoms with van der Waals surface area (Å²) in [5, 5.41) is 10.7. The van der Waals surface area contributed by atoms with Crippen molar-refractivity contribution in [1.82, 2.24) is 5.32 Å². The van der Waals surface area contributed by atoms with E-state index in [-0.39, 0.29) is 25.5 Å². The summed E-state index contributed by atoms with van der Waals surface area (Å²) < 4.78 is 5.41. The van der Waals surface area contributed by atoms with E-state index in [1.807, 2.05) is 24.3 Å². The lowest BCUT2D eigenvalue weighted by molar-refractivity contribution is -0.138. The summed E-state index contributed by atoms with van der Waals surface area (Å²) in [6, 6.07) is 7.71. The summed E-state index contributed by atoms with van der Waals surface area (Å²) in [7, 11) is 0. The number of amides is 1. The molecule has 0 aliphatic rings. The molecule has 0 aromatic heterocycles. The Labute approximate surface area is 112 Å². The molecule has 1 aromatic carbocycles. The van der Waals surface area contributed by atoms with E-state index >= 15 is 0 Å². The molecule has 0 spiro atoms. The van der Waals surface area contributed by atoms with Gasteiger partial charge in [0.25, 0.3) is 0 Å². The van der Waals surface area contributed by atoms with E-state index in [2.05, 4.69) is 19.2 Å². The summed E-state index contributed by atoms with van der Waals surface area (Å²) in [6.07, 6.45) is 0.138. The Morgan fingerprint density at radius 2 is 1.89 bits per heavy atom. The van der Waals surface area contributed by atoms with Gasteiger partial charge in [-0.05, 0) is 23.6 Å². The van der Waals surface area contributed by atoms with E-state index in [0.717, 1.165) is 0 Å². The lowest BCUT2D eigenvalue weighted by Gasteiger charge is -2.08. The molecule has 1 aromatic rings. The number of carboxylic acid groups (broad SMARTS) is 1. The van der Waals surface area contributed by atoms with Crippen molar-refractivity contribution in [2.75, 3.05) is 13.2 Å². The first-order chi connectivity index (χ1) is 8.99. The predicted molar refractivity (Wildman–Crippen MR) is 71.3 cm³/mol. The van der Waals surface area contributed by atoms with Gasteiger partial charge in [0.1, 0.15) is 12.3 Å². The van der Waals surface area contributed by atoms with Crippen LogP contribution in [0.3, 0.4) is 0 Å². The van der Waals surface area contributed by atoms with Crippen LogP contribution in [-0.4, -0.2) is 30.1 Å². The number of hydrogen-bond donors (Lipinski definition) is 2. The molecule has 2 N–H and O–H groups in total. The number of carbonyl (C=O) groups is 2. The van der Waals surface area contributed by atoms with Crippen molar-refractivity contribution in [3.8, 4) is 5.75 Å². The lowest BCUT2D eigenvalue weighted by atomic mass is 10.0. The Hall–Kier alpha value is -2.04. The first kappa shape index (κ1) is 15.0. The average molecular weight is 265 g/mol. The fraction of sp³-hybridized carbons (Fsp3) is 0.429. The fourth-order valence-corrected chi connectivity index (χ4v) is 1.47. The molecule has 0 heterocycles. The minimum atomic E-state index is -1.06. The van der Waals surface area contributed by atoms with Crippen molar-refractivity contribution in [1.29, 1.82) is 0 Å². The Balaban J connectivity index is 2.29. The first-order valence-corrected chi connectivity index (χ1v) is 6.20. The average Bonchev–Trinajstić information content (AvgIpc) is 2.37. The highest BCUT2D eigenvalue weighted by molar-refractivity contribution is 5.81. The molecule has 1 amide bonds. The third-order valence-corrected chi connectivity index (χ3v) is 2.58. The molecule has 19 heavy (non-hydrogen) atoms. The molecule has 0 fully saturated rings. The van der Waals surface area contributed by atoms with E-state index in [1.165, 1.54) is 5.56 Å². The van der Waals surface area contributed by atoms with Crippen molar-refractivity contribution in [2.24, 2.45) is 0 Å². The Bertz CT molecular complexity index is 426. The van der Waals surface area contributed by atoms with Gasteiger partial charge in [0.15, 0.2) is 0 Å². The molecule has 0 saturated heterocycles. The van der Waals surface area contributed by atoms with Gasteiger partial charge < -0.3 is 15.2 Å². The second-order valence-corrected chi connectivity index (χ2v) is 4.49. The van der Waals surface area contributed by atoms with E-state index in [0.29, 0.717) is 11.7 Å². The molecule has 0 unspecified atom stereocenters. The number of rotatable bonds is 7. The van der Waals surface area contributed by atoms with Gasteiger partial charge in [-0.1, -0.05) is 26.0 Å². The number of ether oxygens (including phenoxy) is 1. The Morgan fingerprint density at radius 1 is 1.26 bits per heavy atom. The third kappa shape index (κ3) is 5.90. The zero-order valence-electron chi connectivity index (χ0n) is 11.2. The van der Waals surface area contributed by atoms with Crippen LogP contribution in [0.2, 0.25) is 0 Å². The number of carbonyl (C=O) groups excluding carboxylic acids is 1. The van der Waals surface area contributed by atoms with E-state index in [9.17, 15) is 9.59 Å². The van der Waals surface area contributed by atoms with Crippen LogP contribution in [0.15, 0.2) is 24.3 Å². The van der Waals surface area contributed by atoms with Crippen LogP contribution in [0.1, 0.15) is 31.7 Å². The van der Waals surface area contributed by atoms with E-state index < -0.39 is 5.97 Å². The van der Waals surface area contributed by atoms with Crippen LogP contribution in [-0.2, 0) is 9.59 Å². The van der Waals surface area contributed by atoms with Crippen molar-refractivity contribution in [2.45, 2.75) is 26.2 Å². The molecule has 0 aliphatic heterocycles. The van der Waals surface area contributed by atoms with Crippen LogP contribution in [0, 0.1) is 0 Å². The normalized spacial score (nSPS) is 10.3. The smallest absolute Gasteiger partial charge is 0.322 e. The Kier molecular flexibility index (Phi) is 5.85. The molecule has 0 bridgehead atoms. The Morgan fingerprint density at radius 3 is 2.42 bits per heavy atom. The van der Waals surface area contributed by atoms with Crippen LogP contribution in [0.4, 0.5) is 0 Å². The molecule has 0 aliphatic carbocycles. The molecule has 0 atom stereocenters. The van der Waals surface area contributed by atoms with Gasteiger partial charge in [-0.25, -0.2) is 0 Å². The second-order valence-electron chi connectivity index (χ2n) is 4.49. The van der Waals surface area contributed by atoms with Gasteiger partial charge in [-0.2, -0.15) is 0 Å². The van der Waals surface area contributed by atoms with Crippen molar-refractivity contribution < 1.29 is 19.4 Å². The summed E-state index contributed by atoms with van der Waals surface area (Å²) in [5.41, 5.74) is 1.23. The van der Waals surface area contributed by atoms with Crippen LogP contribution >= 0.6 is 0 Å². The van der Waals surface area contributed by atoms with Crippen molar-refractivity contribution in [3.05, 3.63) is 29.8 Å². The molecular formula is C14H19NO4. The maximum absolute atomic E-state index is 11.2. The number of hydrogen-bond acceptors (Lipinski definition) is 3. The summed E-state index contributed by atoms with van der Waals surface area (Å²) in [5.74, 6) is -0.217. The molecule has 0 radical (unpaired) electrons. The fourth-order valence-electron chi connectivity index (χ4n) is 1.47. The largest absolute Gasteiger partial charge is 0.493 e. The summed E-state index contributed by atoms with van der Waals surface area (Å²) in [6.45, 7) is 4.10. The molecule has 1 rings (SSSR count). The standard InChI is InChI=1S/C14H19NO4/c1-10(2)11-3-5-12(6-4-11)19-8-7-13(16)15-9-14(17)18/h3-6,10H,7-9H2,1-2H3,(H,15,16)(H,17,18). The van der Waals surface area contributed by atoms with Crippen LogP contribution in [0.25, 0.3) is 0 Å². The molecule has 104 valence electrons. The third-order valence-electron chi connectivity index (χ3n) is 2.58. The van der Waals surface area contributed by atoms with Gasteiger partial charge in [0, 0.05) is 0 Å². The topological polar surface area (TPSA) is 75.6 Å². The molecule has 0 saturated carbocycles. The summed E-state index contributed by atoms with van der Waals surface area (Å²) in [4.78, 5) is 21.5. The van der Waals surface area contributed by atoms with Crippen molar-refractivity contribution >= 4 is 11.9 Å². The van der Waals surface area contributed by atoms with Gasteiger partial charge in [-0.3, -0.25) is 9.59 Å². The van der Waals surface area contributed by atoms with Crippen LogP contribution in [0.5, 0.6) is 5.75 Å². The lowest BCUT2D eigenvalue weighted by Crippen LogP contribution is -2.30. The highest BCUT2D eigenvalue weighted by Gasteiger charge is 2.04. The summed E-state index contributed by atoms with van der Waals surface area (Å²) >= 11 is 0. The monoisotopic (exact) mass is 265 g/mol.